The van der Waals surface area contributed by atoms with E-state index in [9.17, 15) is 4.79 Å². The molecule has 4 rings (SSSR count). The molecular weight excluding hydrogens is 416 g/mol. The van der Waals surface area contributed by atoms with Gasteiger partial charge in [0.05, 0.1) is 12.2 Å². The number of fused-ring (bicyclic) bond motifs is 1. The molecule has 1 unspecified atom stereocenters. The Hall–Kier alpha value is -3.61. The van der Waals surface area contributed by atoms with Crippen molar-refractivity contribution < 1.29 is 14.3 Å². The number of ether oxygens (including phenoxy) is 2. The molecule has 0 bridgehead atoms. The molecule has 7 nitrogen and oxygen atoms in total. The summed E-state index contributed by atoms with van der Waals surface area (Å²) in [6.45, 7) is 11.0. The molecule has 0 spiro atoms. The third kappa shape index (κ3) is 4.62. The van der Waals surface area contributed by atoms with E-state index in [2.05, 4.69) is 48.3 Å². The van der Waals surface area contributed by atoms with Crippen molar-refractivity contribution in [3.8, 4) is 5.75 Å². The minimum atomic E-state index is -0.427. The molecule has 172 valence electrons. The molecule has 1 N–H and O–H groups in total. The summed E-state index contributed by atoms with van der Waals surface area (Å²) < 4.78 is 13.2. The molecule has 2 heterocycles. The number of rotatable bonds is 7. The summed E-state index contributed by atoms with van der Waals surface area (Å²) in [5.74, 6) is 1.01. The molecule has 1 aromatic heterocycles. The van der Waals surface area contributed by atoms with Gasteiger partial charge >= 0.3 is 5.97 Å². The van der Waals surface area contributed by atoms with Crippen molar-refractivity contribution in [2.45, 2.75) is 53.7 Å². The molecule has 0 radical (unpaired) electrons. The van der Waals surface area contributed by atoms with Gasteiger partial charge in [0, 0.05) is 5.70 Å². The maximum Gasteiger partial charge on any atom is 0.338 e. The Kier molecular flexibility index (Phi) is 6.49. The highest BCUT2D eigenvalue weighted by Crippen LogP contribution is 2.35. The first kappa shape index (κ1) is 22.6. The molecule has 1 aliphatic heterocycles. The zero-order valence-electron chi connectivity index (χ0n) is 19.8. The molecule has 0 saturated heterocycles. The second-order valence-electron chi connectivity index (χ2n) is 8.45. The molecule has 0 fully saturated rings. The van der Waals surface area contributed by atoms with Crippen LogP contribution in [0, 0.1) is 20.8 Å². The molecule has 0 amide bonds. The summed E-state index contributed by atoms with van der Waals surface area (Å²) in [6.07, 6.45) is 2.24. The topological polar surface area (TPSA) is 78.3 Å². The molecule has 7 heteroatoms. The standard InChI is InChI=1S/C26H30N4O3/c1-6-11-32-25(31)23-19(5)29-26-27-15-28-30(26)24(23)20-7-9-22(10-8-20)33-14-21-13-17(3)16(2)12-18(21)4/h7-10,12-13,15,24H,6,11,14H2,1-5H3,(H,27,28,29). The maximum atomic E-state index is 12.9. The monoisotopic (exact) mass is 446 g/mol. The summed E-state index contributed by atoms with van der Waals surface area (Å²) in [5.41, 5.74) is 7.08. The largest absolute Gasteiger partial charge is 0.489 e. The van der Waals surface area contributed by atoms with Crippen molar-refractivity contribution in [1.29, 1.82) is 0 Å². The Morgan fingerprint density at radius 3 is 2.52 bits per heavy atom. The summed E-state index contributed by atoms with van der Waals surface area (Å²) in [4.78, 5) is 17.2. The van der Waals surface area contributed by atoms with E-state index < -0.39 is 6.04 Å². The summed E-state index contributed by atoms with van der Waals surface area (Å²) in [6, 6.07) is 11.7. The quantitative estimate of drug-likeness (QED) is 0.513. The van der Waals surface area contributed by atoms with Gasteiger partial charge in [-0.25, -0.2) is 9.48 Å². The van der Waals surface area contributed by atoms with E-state index in [1.54, 1.807) is 4.68 Å². The third-order valence-corrected chi connectivity index (χ3v) is 5.99. The third-order valence-electron chi connectivity index (χ3n) is 5.99. The van der Waals surface area contributed by atoms with Gasteiger partial charge < -0.3 is 14.8 Å². The molecule has 0 aliphatic carbocycles. The lowest BCUT2D eigenvalue weighted by molar-refractivity contribution is -0.139. The van der Waals surface area contributed by atoms with E-state index >= 15 is 0 Å². The number of anilines is 1. The normalized spacial score (nSPS) is 15.1. The van der Waals surface area contributed by atoms with Crippen LogP contribution in [0.2, 0.25) is 0 Å². The van der Waals surface area contributed by atoms with E-state index in [1.165, 1.54) is 28.6 Å². The van der Waals surface area contributed by atoms with E-state index in [0.717, 1.165) is 17.7 Å². The first-order valence-corrected chi connectivity index (χ1v) is 11.2. The predicted octanol–water partition coefficient (Wildman–Crippen LogP) is 5.02. The number of allylic oxidation sites excluding steroid dienone is 1. The maximum absolute atomic E-state index is 12.9. The number of hydrogen-bond donors (Lipinski definition) is 1. The average molecular weight is 447 g/mol. The van der Waals surface area contributed by atoms with Crippen LogP contribution in [-0.2, 0) is 16.1 Å². The Bertz CT molecular complexity index is 1190. The summed E-state index contributed by atoms with van der Waals surface area (Å²) >= 11 is 0. The van der Waals surface area contributed by atoms with Gasteiger partial charge in [0.1, 0.15) is 24.7 Å². The number of hydrogen-bond acceptors (Lipinski definition) is 6. The summed E-state index contributed by atoms with van der Waals surface area (Å²) in [7, 11) is 0. The Labute approximate surface area is 194 Å². The van der Waals surface area contributed by atoms with Gasteiger partial charge in [0.25, 0.3) is 0 Å². The first-order chi connectivity index (χ1) is 15.9. The highest BCUT2D eigenvalue weighted by Gasteiger charge is 2.34. The van der Waals surface area contributed by atoms with Crippen LogP contribution in [0.4, 0.5) is 5.95 Å². The van der Waals surface area contributed by atoms with Gasteiger partial charge in [-0.3, -0.25) is 0 Å². The Balaban J connectivity index is 1.58. The number of benzene rings is 2. The fourth-order valence-corrected chi connectivity index (χ4v) is 4.02. The Morgan fingerprint density at radius 2 is 1.79 bits per heavy atom. The lowest BCUT2D eigenvalue weighted by Gasteiger charge is -2.28. The van der Waals surface area contributed by atoms with E-state index in [1.807, 2.05) is 38.1 Å². The van der Waals surface area contributed by atoms with Crippen molar-refractivity contribution in [2.75, 3.05) is 11.9 Å². The molecule has 1 atom stereocenters. The number of nitrogens with one attached hydrogen (secondary N) is 1. The van der Waals surface area contributed by atoms with Crippen molar-refractivity contribution in [3.63, 3.8) is 0 Å². The molecule has 3 aromatic rings. The number of carbonyl (C=O) groups excluding carboxylic acids is 1. The summed E-state index contributed by atoms with van der Waals surface area (Å²) in [5, 5.41) is 7.51. The van der Waals surface area contributed by atoms with Crippen LogP contribution in [-0.4, -0.2) is 27.3 Å². The SMILES string of the molecule is CCCOC(=O)C1=C(C)Nc2ncnn2C1c1ccc(OCc2cc(C)c(C)cc2C)cc1. The van der Waals surface area contributed by atoms with Crippen LogP contribution in [0.3, 0.4) is 0 Å². The van der Waals surface area contributed by atoms with Crippen LogP contribution < -0.4 is 10.1 Å². The van der Waals surface area contributed by atoms with Gasteiger partial charge in [-0.1, -0.05) is 31.2 Å². The van der Waals surface area contributed by atoms with Gasteiger partial charge in [-0.2, -0.15) is 10.1 Å². The van der Waals surface area contributed by atoms with E-state index in [0.29, 0.717) is 30.4 Å². The number of nitrogens with zero attached hydrogens (tertiary/aromatic N) is 3. The first-order valence-electron chi connectivity index (χ1n) is 11.2. The lowest BCUT2D eigenvalue weighted by atomic mass is 9.95. The minimum Gasteiger partial charge on any atom is -0.489 e. The van der Waals surface area contributed by atoms with Crippen molar-refractivity contribution in [3.05, 3.63) is 81.8 Å². The van der Waals surface area contributed by atoms with Crippen LogP contribution in [0.1, 0.15) is 54.1 Å². The molecule has 33 heavy (non-hydrogen) atoms. The highest BCUT2D eigenvalue weighted by molar-refractivity contribution is 5.92. The zero-order valence-corrected chi connectivity index (χ0v) is 19.8. The number of carbonyl (C=O) groups is 1. The fourth-order valence-electron chi connectivity index (χ4n) is 4.02. The second-order valence-corrected chi connectivity index (χ2v) is 8.45. The van der Waals surface area contributed by atoms with E-state index in [-0.39, 0.29) is 5.97 Å². The van der Waals surface area contributed by atoms with Crippen molar-refractivity contribution >= 4 is 11.9 Å². The molecule has 2 aromatic carbocycles. The Morgan fingerprint density at radius 1 is 1.06 bits per heavy atom. The fraction of sp³-hybridized carbons (Fsp3) is 0.346. The molecule has 0 saturated carbocycles. The van der Waals surface area contributed by atoms with Crippen LogP contribution in [0.15, 0.2) is 54.0 Å². The zero-order chi connectivity index (χ0) is 23.5. The van der Waals surface area contributed by atoms with Gasteiger partial charge in [0.15, 0.2) is 0 Å². The number of aromatic nitrogens is 3. The molecular formula is C26H30N4O3. The van der Waals surface area contributed by atoms with Crippen LogP contribution >= 0.6 is 0 Å². The van der Waals surface area contributed by atoms with Gasteiger partial charge in [0.2, 0.25) is 5.95 Å². The minimum absolute atomic E-state index is 0.349. The number of esters is 1. The number of aryl methyl sites for hydroxylation is 3. The van der Waals surface area contributed by atoms with Crippen molar-refractivity contribution in [1.82, 2.24) is 14.8 Å². The second kappa shape index (κ2) is 9.48. The highest BCUT2D eigenvalue weighted by atomic mass is 16.5. The van der Waals surface area contributed by atoms with Gasteiger partial charge in [-0.05, 0) is 74.1 Å². The lowest BCUT2D eigenvalue weighted by Crippen LogP contribution is -2.29. The average Bonchev–Trinajstić information content (AvgIpc) is 3.26. The predicted molar refractivity (Wildman–Crippen MR) is 127 cm³/mol. The smallest absolute Gasteiger partial charge is 0.338 e. The van der Waals surface area contributed by atoms with Crippen molar-refractivity contribution in [2.24, 2.45) is 0 Å². The van der Waals surface area contributed by atoms with Crippen LogP contribution in [0.25, 0.3) is 0 Å². The van der Waals surface area contributed by atoms with Crippen LogP contribution in [0.5, 0.6) is 5.75 Å². The molecule has 1 aliphatic rings. The van der Waals surface area contributed by atoms with Gasteiger partial charge in [-0.15, -0.1) is 0 Å². The van der Waals surface area contributed by atoms with E-state index in [4.69, 9.17) is 9.47 Å².